The Kier molecular flexibility index (Phi) is 10.1. The molecule has 7 fully saturated rings. The second-order valence-corrected chi connectivity index (χ2v) is 22.3. The first kappa shape index (κ1) is 40.7. The highest BCUT2D eigenvalue weighted by molar-refractivity contribution is 6.31. The molecule has 0 aliphatic heterocycles. The van der Waals surface area contributed by atoms with Crippen LogP contribution < -0.4 is 0 Å². The van der Waals surface area contributed by atoms with E-state index in [1.54, 1.807) is 12.1 Å². The van der Waals surface area contributed by atoms with Gasteiger partial charge in [-0.3, -0.25) is 9.69 Å². The summed E-state index contributed by atoms with van der Waals surface area (Å²) in [7, 11) is 0. The van der Waals surface area contributed by atoms with Crippen molar-refractivity contribution in [1.29, 1.82) is 0 Å². The summed E-state index contributed by atoms with van der Waals surface area (Å²) in [6, 6.07) is 14.7. The Morgan fingerprint density at radius 2 is 1.56 bits per heavy atom. The van der Waals surface area contributed by atoms with Crippen LogP contribution in [0.4, 0.5) is 4.39 Å². The van der Waals surface area contributed by atoms with Crippen molar-refractivity contribution in [2.45, 2.75) is 128 Å². The third-order valence-corrected chi connectivity index (χ3v) is 18.9. The lowest BCUT2D eigenvalue weighted by Gasteiger charge is -2.71. The minimum atomic E-state index is -1.04. The van der Waals surface area contributed by atoms with E-state index in [1.807, 2.05) is 30.3 Å². The molecule has 2 spiro atoms. The molecule has 7 saturated carbocycles. The molecule has 0 aromatic heterocycles. The zero-order valence-corrected chi connectivity index (χ0v) is 35.9. The van der Waals surface area contributed by atoms with Crippen LogP contribution in [0.5, 0.6) is 0 Å². The van der Waals surface area contributed by atoms with E-state index in [0.717, 1.165) is 67.5 Å². The molecule has 0 heterocycles. The van der Waals surface area contributed by atoms with Gasteiger partial charge in [0.1, 0.15) is 5.82 Å². The second-order valence-electron chi connectivity index (χ2n) is 21.9. The number of aliphatic hydroxyl groups is 3. The Morgan fingerprint density at radius 1 is 0.881 bits per heavy atom. The molecule has 0 saturated heterocycles. The number of Topliss-reactive ketones (excluding diaryl/α,β-unsaturated/α-hetero) is 1. The molecule has 2 aromatic rings. The number of benzene rings is 2. The summed E-state index contributed by atoms with van der Waals surface area (Å²) in [4.78, 5) is 17.4. The van der Waals surface area contributed by atoms with Gasteiger partial charge in [-0.1, -0.05) is 80.1 Å². The summed E-state index contributed by atoms with van der Waals surface area (Å²) in [6.45, 7) is 7.19. The molecule has 59 heavy (non-hydrogen) atoms. The number of ether oxygens (including phenoxy) is 1. The molecule has 8 heteroatoms. The number of allylic oxidation sites excluding steroid dienone is 4. The van der Waals surface area contributed by atoms with E-state index >= 15 is 4.39 Å². The number of hydrogen-bond donors (Lipinski definition) is 3. The van der Waals surface area contributed by atoms with Crippen molar-refractivity contribution in [3.63, 3.8) is 0 Å². The van der Waals surface area contributed by atoms with Crippen molar-refractivity contribution in [2.24, 2.45) is 56.7 Å². The monoisotopic (exact) mass is 825 g/mol. The van der Waals surface area contributed by atoms with Crippen LogP contribution in [0.25, 0.3) is 0 Å². The van der Waals surface area contributed by atoms with E-state index in [9.17, 15) is 20.1 Å². The number of fused-ring (bicyclic) bond motifs is 1. The van der Waals surface area contributed by atoms with Crippen LogP contribution in [-0.2, 0) is 22.6 Å². The predicted molar refractivity (Wildman–Crippen MR) is 228 cm³/mol. The van der Waals surface area contributed by atoms with Crippen LogP contribution >= 0.6 is 11.6 Å². The van der Waals surface area contributed by atoms with Crippen LogP contribution in [0.3, 0.4) is 0 Å². The summed E-state index contributed by atoms with van der Waals surface area (Å²) in [5.41, 5.74) is -0.522. The molecule has 2 aromatic carbocycles. The van der Waals surface area contributed by atoms with Crippen molar-refractivity contribution in [1.82, 2.24) is 4.90 Å². The number of carbonyl (C=O) groups is 1. The fourth-order valence-corrected chi connectivity index (χ4v) is 16.6. The first-order valence-corrected chi connectivity index (χ1v) is 23.4. The smallest absolute Gasteiger partial charge is 0.164 e. The first-order chi connectivity index (χ1) is 28.2. The second kappa shape index (κ2) is 14.6. The van der Waals surface area contributed by atoms with Gasteiger partial charge in [-0.25, -0.2) is 4.39 Å². The molecule has 6 nitrogen and oxygen atoms in total. The van der Waals surface area contributed by atoms with Gasteiger partial charge in [0.25, 0.3) is 0 Å². The molecule has 318 valence electrons. The number of carbonyl (C=O) groups excluding carboxylic acids is 1. The summed E-state index contributed by atoms with van der Waals surface area (Å²) >= 11 is 6.56. The Labute approximate surface area is 355 Å². The van der Waals surface area contributed by atoms with Gasteiger partial charge < -0.3 is 20.1 Å². The van der Waals surface area contributed by atoms with Gasteiger partial charge in [-0.05, 0) is 142 Å². The molecule has 12 rings (SSSR count). The number of nitrogens with zero attached hydrogens (tertiary/aromatic N) is 1. The lowest BCUT2D eigenvalue weighted by atomic mass is 9.32. The maximum atomic E-state index is 15.3. The van der Waals surface area contributed by atoms with Gasteiger partial charge in [0, 0.05) is 58.5 Å². The number of hydrogen-bond acceptors (Lipinski definition) is 6. The molecule has 9 atom stereocenters. The number of rotatable bonds is 13. The van der Waals surface area contributed by atoms with Gasteiger partial charge in [0.2, 0.25) is 0 Å². The van der Waals surface area contributed by atoms with E-state index in [1.165, 1.54) is 44.6 Å². The molecule has 0 amide bonds. The summed E-state index contributed by atoms with van der Waals surface area (Å²) < 4.78 is 21.4. The topological polar surface area (TPSA) is 90.2 Å². The Balaban J connectivity index is 0.973. The number of ketones is 1. The Morgan fingerprint density at radius 3 is 2.27 bits per heavy atom. The van der Waals surface area contributed by atoms with E-state index < -0.39 is 39.9 Å². The molecular weight excluding hydrogens is 761 g/mol. The van der Waals surface area contributed by atoms with Gasteiger partial charge in [-0.2, -0.15) is 0 Å². The zero-order valence-electron chi connectivity index (χ0n) is 35.2. The lowest BCUT2D eigenvalue weighted by Crippen LogP contribution is -2.67. The van der Waals surface area contributed by atoms with Gasteiger partial charge in [0.15, 0.2) is 5.78 Å². The molecule has 0 radical (unpaired) electrons. The Bertz CT molecular complexity index is 1970. The van der Waals surface area contributed by atoms with Crippen molar-refractivity contribution in [2.75, 3.05) is 26.2 Å². The van der Waals surface area contributed by atoms with Crippen molar-refractivity contribution >= 4 is 17.4 Å². The maximum absolute atomic E-state index is 15.3. The van der Waals surface area contributed by atoms with Crippen LogP contribution in [0, 0.1) is 62.5 Å². The van der Waals surface area contributed by atoms with Crippen LogP contribution in [0.1, 0.15) is 108 Å². The molecular formula is C51H65ClFNO5. The highest BCUT2D eigenvalue weighted by Gasteiger charge is 2.74. The average Bonchev–Trinajstić information content (AvgIpc) is 3.45. The fraction of sp³-hybridized carbons (Fsp3) is 0.667. The largest absolute Gasteiger partial charge is 0.393 e. The van der Waals surface area contributed by atoms with Crippen LogP contribution in [0.2, 0.25) is 5.02 Å². The molecule has 6 bridgehead atoms. The zero-order chi connectivity index (χ0) is 41.0. The minimum absolute atomic E-state index is 0.0104. The normalized spacial score (nSPS) is 43.0. The first-order valence-electron chi connectivity index (χ1n) is 23.0. The molecule has 10 aliphatic rings. The van der Waals surface area contributed by atoms with Crippen molar-refractivity contribution < 1.29 is 29.2 Å². The minimum Gasteiger partial charge on any atom is -0.393 e. The van der Waals surface area contributed by atoms with Crippen molar-refractivity contribution in [3.8, 4) is 0 Å². The molecule has 9 unspecified atom stereocenters. The van der Waals surface area contributed by atoms with Crippen LogP contribution in [-0.4, -0.2) is 70.1 Å². The van der Waals surface area contributed by atoms with E-state index in [0.29, 0.717) is 32.5 Å². The quantitative estimate of drug-likeness (QED) is 0.175. The highest BCUT2D eigenvalue weighted by atomic mass is 35.5. The average molecular weight is 827 g/mol. The number of halogens is 2. The third kappa shape index (κ3) is 6.43. The lowest BCUT2D eigenvalue weighted by molar-refractivity contribution is -0.182. The van der Waals surface area contributed by atoms with E-state index in [4.69, 9.17) is 16.3 Å². The highest BCUT2D eigenvalue weighted by Crippen LogP contribution is 2.78. The third-order valence-electron chi connectivity index (χ3n) is 18.5. The fourth-order valence-electron chi connectivity index (χ4n) is 16.4. The van der Waals surface area contributed by atoms with Gasteiger partial charge >= 0.3 is 0 Å². The SMILES string of the molecule is CC12CCC(O)CC13C=CC1(C(C(=O)Cc4c(F)cccc4Cl)=C3)C2CCC2(C)C1CCC2(O)CN(CC(O)COCc1ccccc1)CC12CC3CC(CC(C3)C1)C2. The molecule has 10 aliphatic carbocycles. The summed E-state index contributed by atoms with van der Waals surface area (Å²) in [5, 5.41) is 36.5. The summed E-state index contributed by atoms with van der Waals surface area (Å²) in [6.07, 6.45) is 18.8. The van der Waals surface area contributed by atoms with Crippen molar-refractivity contribution in [3.05, 3.63) is 94.3 Å². The Hall–Kier alpha value is -2.39. The van der Waals surface area contributed by atoms with E-state index in [-0.39, 0.29) is 52.1 Å². The van der Waals surface area contributed by atoms with E-state index in [2.05, 4.69) is 37.0 Å². The number of aliphatic hydroxyl groups excluding tert-OH is 2. The summed E-state index contributed by atoms with van der Waals surface area (Å²) in [5.74, 6) is 1.97. The maximum Gasteiger partial charge on any atom is 0.164 e. The molecule has 3 N–H and O–H groups in total. The standard InChI is InChI=1S/C51H65ClFNO5/c1-46-14-11-37(55)26-49(46)17-18-51(40(27-49)43(57)22-39-41(52)9-6-10-42(39)53)44(46)12-15-47(2)45(51)13-16-50(47,58)32-54(28-38(56)30-59-29-33-7-4-3-5-8-33)31-48-23-34-19-35(24-48)21-36(20-34)25-48/h3-10,17-18,27,34-38,44-45,55-56,58H,11-16,19-26,28-32H2,1-2H3. The van der Waals surface area contributed by atoms with Crippen LogP contribution in [0.15, 0.2) is 72.3 Å². The van der Waals surface area contributed by atoms with Gasteiger partial charge in [-0.15, -0.1) is 0 Å². The predicted octanol–water partition coefficient (Wildman–Crippen LogP) is 9.28. The van der Waals surface area contributed by atoms with Gasteiger partial charge in [0.05, 0.1) is 31.0 Å².